The van der Waals surface area contributed by atoms with Gasteiger partial charge in [0.2, 0.25) is 5.91 Å². The Morgan fingerprint density at radius 1 is 1.29 bits per heavy atom. The van der Waals surface area contributed by atoms with Crippen LogP contribution < -0.4 is 10.6 Å². The molecule has 0 fully saturated rings. The number of benzene rings is 1. The molecular formula is C17H19N3O. The maximum Gasteiger partial charge on any atom is 0.229 e. The number of rotatable bonds is 3. The monoisotopic (exact) mass is 281 g/mol. The molecule has 2 heterocycles. The van der Waals surface area contributed by atoms with Gasteiger partial charge in [-0.1, -0.05) is 30.3 Å². The van der Waals surface area contributed by atoms with Crippen molar-refractivity contribution in [2.24, 2.45) is 0 Å². The van der Waals surface area contributed by atoms with E-state index in [2.05, 4.69) is 21.7 Å². The number of nitrogens with one attached hydrogen (secondary N) is 2. The second-order valence-electron chi connectivity index (χ2n) is 5.37. The number of hydrogen-bond donors (Lipinski definition) is 2. The zero-order valence-corrected chi connectivity index (χ0v) is 12.0. The van der Waals surface area contributed by atoms with Gasteiger partial charge >= 0.3 is 0 Å². The number of amides is 1. The lowest BCUT2D eigenvalue weighted by molar-refractivity contribution is -0.123. The van der Waals surface area contributed by atoms with Crippen molar-refractivity contribution in [1.29, 1.82) is 0 Å². The molecule has 0 saturated heterocycles. The maximum atomic E-state index is 12.6. The Bertz CT molecular complexity index is 627. The number of carbonyl (C=O) groups excluding carboxylic acids is 1. The number of carbonyl (C=O) groups is 1. The zero-order chi connectivity index (χ0) is 14.7. The maximum absolute atomic E-state index is 12.6. The lowest BCUT2D eigenvalue weighted by Gasteiger charge is -2.26. The molecule has 2 atom stereocenters. The van der Waals surface area contributed by atoms with Gasteiger partial charge in [0.05, 0.1) is 17.7 Å². The minimum atomic E-state index is -0.138. The van der Waals surface area contributed by atoms with E-state index in [0.29, 0.717) is 6.54 Å². The van der Waals surface area contributed by atoms with Crippen LogP contribution in [0.1, 0.15) is 35.7 Å². The van der Waals surface area contributed by atoms with Crippen LogP contribution in [0.25, 0.3) is 0 Å². The average molecular weight is 281 g/mol. The van der Waals surface area contributed by atoms with Gasteiger partial charge in [-0.2, -0.15) is 0 Å². The standard InChI is InChI=1S/C17H19N3O/c1-12(16-8-4-5-9-19-16)20-17(21)15-11-18-10-13-6-2-3-7-14(13)15/h2-9,12,15,18H,10-11H2,1H3,(H,20,21). The van der Waals surface area contributed by atoms with E-state index in [9.17, 15) is 4.79 Å². The van der Waals surface area contributed by atoms with Crippen LogP contribution in [-0.2, 0) is 11.3 Å². The molecule has 2 N–H and O–H groups in total. The lowest BCUT2D eigenvalue weighted by Crippen LogP contribution is -2.39. The first kappa shape index (κ1) is 13.8. The van der Waals surface area contributed by atoms with Crippen LogP contribution in [0.5, 0.6) is 0 Å². The van der Waals surface area contributed by atoms with Gasteiger partial charge in [-0.05, 0) is 30.2 Å². The normalized spacial score (nSPS) is 18.6. The van der Waals surface area contributed by atoms with Gasteiger partial charge in [0, 0.05) is 19.3 Å². The molecule has 2 aromatic rings. The van der Waals surface area contributed by atoms with E-state index in [4.69, 9.17) is 0 Å². The molecule has 2 unspecified atom stereocenters. The van der Waals surface area contributed by atoms with Crippen LogP contribution in [0.3, 0.4) is 0 Å². The number of pyridine rings is 1. The Kier molecular flexibility index (Phi) is 3.97. The number of aromatic nitrogens is 1. The topological polar surface area (TPSA) is 54.0 Å². The third kappa shape index (κ3) is 2.95. The van der Waals surface area contributed by atoms with Crippen molar-refractivity contribution < 1.29 is 4.79 Å². The van der Waals surface area contributed by atoms with Crippen molar-refractivity contribution in [3.63, 3.8) is 0 Å². The van der Waals surface area contributed by atoms with Gasteiger partial charge in [0.25, 0.3) is 0 Å². The van der Waals surface area contributed by atoms with E-state index in [1.165, 1.54) is 5.56 Å². The molecule has 0 aliphatic carbocycles. The summed E-state index contributed by atoms with van der Waals surface area (Å²) in [7, 11) is 0. The quantitative estimate of drug-likeness (QED) is 0.906. The third-order valence-electron chi connectivity index (χ3n) is 3.90. The van der Waals surface area contributed by atoms with E-state index in [-0.39, 0.29) is 17.9 Å². The zero-order valence-electron chi connectivity index (χ0n) is 12.0. The SMILES string of the molecule is CC(NC(=O)C1CNCc2ccccc21)c1ccccn1. The minimum absolute atomic E-state index is 0.0489. The molecule has 108 valence electrons. The molecule has 1 aromatic carbocycles. The number of fused-ring (bicyclic) bond motifs is 1. The highest BCUT2D eigenvalue weighted by molar-refractivity contribution is 5.85. The molecule has 0 saturated carbocycles. The van der Waals surface area contributed by atoms with Crippen LogP contribution in [0.15, 0.2) is 48.7 Å². The van der Waals surface area contributed by atoms with Gasteiger partial charge in [-0.3, -0.25) is 9.78 Å². The predicted octanol–water partition coefficient (Wildman–Crippen LogP) is 2.15. The van der Waals surface area contributed by atoms with Crippen LogP contribution in [0.2, 0.25) is 0 Å². The molecule has 4 heteroatoms. The fourth-order valence-corrected chi connectivity index (χ4v) is 2.75. The molecule has 0 bridgehead atoms. The van der Waals surface area contributed by atoms with Crippen LogP contribution in [0, 0.1) is 0 Å². The first-order valence-corrected chi connectivity index (χ1v) is 7.25. The predicted molar refractivity (Wildman–Crippen MR) is 81.7 cm³/mol. The molecule has 1 aromatic heterocycles. The van der Waals surface area contributed by atoms with E-state index in [0.717, 1.165) is 17.8 Å². The summed E-state index contributed by atoms with van der Waals surface area (Å²) in [5.74, 6) is -0.0890. The molecule has 1 aliphatic heterocycles. The summed E-state index contributed by atoms with van der Waals surface area (Å²) in [6.07, 6.45) is 1.75. The lowest BCUT2D eigenvalue weighted by atomic mass is 9.90. The molecule has 0 spiro atoms. The molecule has 4 nitrogen and oxygen atoms in total. The Morgan fingerprint density at radius 2 is 2.10 bits per heavy atom. The first-order chi connectivity index (χ1) is 10.3. The molecule has 1 aliphatic rings. The summed E-state index contributed by atoms with van der Waals surface area (Å²) in [6, 6.07) is 13.8. The highest BCUT2D eigenvalue weighted by atomic mass is 16.2. The highest BCUT2D eigenvalue weighted by Gasteiger charge is 2.27. The van der Waals surface area contributed by atoms with E-state index >= 15 is 0 Å². The summed E-state index contributed by atoms with van der Waals surface area (Å²) >= 11 is 0. The van der Waals surface area contributed by atoms with Crippen molar-refractivity contribution in [2.45, 2.75) is 25.4 Å². The molecule has 1 amide bonds. The van der Waals surface area contributed by atoms with Gasteiger partial charge < -0.3 is 10.6 Å². The van der Waals surface area contributed by atoms with Crippen molar-refractivity contribution >= 4 is 5.91 Å². The largest absolute Gasteiger partial charge is 0.347 e. The van der Waals surface area contributed by atoms with Gasteiger partial charge in [0.15, 0.2) is 0 Å². The fraction of sp³-hybridized carbons (Fsp3) is 0.294. The van der Waals surface area contributed by atoms with Crippen LogP contribution in [-0.4, -0.2) is 17.4 Å². The van der Waals surface area contributed by atoms with Crippen LogP contribution in [0.4, 0.5) is 0 Å². The summed E-state index contributed by atoms with van der Waals surface area (Å²) in [4.78, 5) is 16.9. The van der Waals surface area contributed by atoms with Crippen molar-refractivity contribution in [1.82, 2.24) is 15.6 Å². The van der Waals surface area contributed by atoms with Gasteiger partial charge in [0.1, 0.15) is 0 Å². The van der Waals surface area contributed by atoms with Crippen molar-refractivity contribution in [3.8, 4) is 0 Å². The molecule has 21 heavy (non-hydrogen) atoms. The van der Waals surface area contributed by atoms with E-state index in [1.807, 2.05) is 43.3 Å². The smallest absolute Gasteiger partial charge is 0.229 e. The Morgan fingerprint density at radius 3 is 2.90 bits per heavy atom. The minimum Gasteiger partial charge on any atom is -0.347 e. The van der Waals surface area contributed by atoms with Crippen LogP contribution >= 0.6 is 0 Å². The average Bonchev–Trinajstić information content (AvgIpc) is 2.55. The Labute approximate surface area is 124 Å². The first-order valence-electron chi connectivity index (χ1n) is 7.25. The van der Waals surface area contributed by atoms with E-state index < -0.39 is 0 Å². The highest BCUT2D eigenvalue weighted by Crippen LogP contribution is 2.24. The third-order valence-corrected chi connectivity index (χ3v) is 3.90. The second-order valence-corrected chi connectivity index (χ2v) is 5.37. The molecular weight excluding hydrogens is 262 g/mol. The van der Waals surface area contributed by atoms with Gasteiger partial charge in [-0.15, -0.1) is 0 Å². The second kappa shape index (κ2) is 6.06. The van der Waals surface area contributed by atoms with E-state index in [1.54, 1.807) is 6.20 Å². The summed E-state index contributed by atoms with van der Waals surface area (Å²) in [6.45, 7) is 3.47. The number of nitrogens with zero attached hydrogens (tertiary/aromatic N) is 1. The Balaban J connectivity index is 1.75. The fourth-order valence-electron chi connectivity index (χ4n) is 2.75. The number of hydrogen-bond acceptors (Lipinski definition) is 3. The van der Waals surface area contributed by atoms with Gasteiger partial charge in [-0.25, -0.2) is 0 Å². The van der Waals surface area contributed by atoms with Crippen molar-refractivity contribution in [2.75, 3.05) is 6.54 Å². The summed E-state index contributed by atoms with van der Waals surface area (Å²) < 4.78 is 0. The van der Waals surface area contributed by atoms with Crippen molar-refractivity contribution in [3.05, 3.63) is 65.5 Å². The molecule has 0 radical (unpaired) electrons. The molecule has 3 rings (SSSR count). The Hall–Kier alpha value is -2.20. The summed E-state index contributed by atoms with van der Waals surface area (Å²) in [5.41, 5.74) is 3.21. The summed E-state index contributed by atoms with van der Waals surface area (Å²) in [5, 5.41) is 6.37.